The first-order valence-corrected chi connectivity index (χ1v) is 8.66. The zero-order valence-electron chi connectivity index (χ0n) is 13.5. The van der Waals surface area contributed by atoms with Crippen molar-refractivity contribution >= 4 is 27.8 Å². The Labute approximate surface area is 150 Å². The molecule has 0 aliphatic carbocycles. The molecule has 0 radical (unpaired) electrons. The number of benzene rings is 2. The molecular weight excluding hydrogens is 370 g/mol. The Bertz CT molecular complexity index is 688. The molecular formula is C19H20BrNO3. The number of rotatable bonds is 7. The predicted molar refractivity (Wildman–Crippen MR) is 96.7 cm³/mol. The summed E-state index contributed by atoms with van der Waals surface area (Å²) in [6.07, 6.45) is 1.77. The fourth-order valence-electron chi connectivity index (χ4n) is 2.36. The minimum Gasteiger partial charge on any atom is -0.452 e. The summed E-state index contributed by atoms with van der Waals surface area (Å²) in [5.41, 5.74) is 1.45. The van der Waals surface area contributed by atoms with Crippen molar-refractivity contribution in [3.8, 4) is 0 Å². The van der Waals surface area contributed by atoms with Crippen molar-refractivity contribution < 1.29 is 14.3 Å². The Morgan fingerprint density at radius 3 is 2.54 bits per heavy atom. The highest BCUT2D eigenvalue weighted by Gasteiger charge is 2.15. The van der Waals surface area contributed by atoms with Crippen LogP contribution in [0.3, 0.4) is 0 Å². The molecule has 0 heterocycles. The molecule has 2 rings (SSSR count). The van der Waals surface area contributed by atoms with Gasteiger partial charge in [-0.2, -0.15) is 0 Å². The van der Waals surface area contributed by atoms with Gasteiger partial charge < -0.3 is 10.1 Å². The fourth-order valence-corrected chi connectivity index (χ4v) is 2.76. The van der Waals surface area contributed by atoms with Gasteiger partial charge in [0.25, 0.3) is 5.91 Å². The Morgan fingerprint density at radius 2 is 1.88 bits per heavy atom. The van der Waals surface area contributed by atoms with E-state index in [0.29, 0.717) is 5.56 Å². The molecule has 0 aromatic heterocycles. The molecule has 5 heteroatoms. The number of esters is 1. The SMILES string of the molecule is CCC[C@@H](NC(=O)COC(=O)c1cccc(Br)c1)c1ccccc1. The van der Waals surface area contributed by atoms with E-state index in [1.807, 2.05) is 36.4 Å². The minimum absolute atomic E-state index is 0.0757. The van der Waals surface area contributed by atoms with Crippen LogP contribution in [0.25, 0.3) is 0 Å². The average molecular weight is 390 g/mol. The van der Waals surface area contributed by atoms with E-state index >= 15 is 0 Å². The molecule has 0 unspecified atom stereocenters. The van der Waals surface area contributed by atoms with Gasteiger partial charge in [0.15, 0.2) is 6.61 Å². The maximum absolute atomic E-state index is 12.1. The van der Waals surface area contributed by atoms with Crippen molar-refractivity contribution in [2.75, 3.05) is 6.61 Å². The van der Waals surface area contributed by atoms with Gasteiger partial charge in [0, 0.05) is 4.47 Å². The lowest BCUT2D eigenvalue weighted by Crippen LogP contribution is -2.32. The molecule has 1 N–H and O–H groups in total. The van der Waals surface area contributed by atoms with Crippen LogP contribution < -0.4 is 5.32 Å². The number of carbonyl (C=O) groups excluding carboxylic acids is 2. The van der Waals surface area contributed by atoms with E-state index in [-0.39, 0.29) is 18.6 Å². The highest BCUT2D eigenvalue weighted by Crippen LogP contribution is 2.18. The van der Waals surface area contributed by atoms with Crippen molar-refractivity contribution in [3.05, 3.63) is 70.2 Å². The first kappa shape index (κ1) is 18.2. The Morgan fingerprint density at radius 1 is 1.12 bits per heavy atom. The van der Waals surface area contributed by atoms with Gasteiger partial charge in [-0.1, -0.05) is 65.7 Å². The predicted octanol–water partition coefficient (Wildman–Crippen LogP) is 4.26. The summed E-state index contributed by atoms with van der Waals surface area (Å²) in [6, 6.07) is 16.6. The number of amides is 1. The summed E-state index contributed by atoms with van der Waals surface area (Å²) in [5.74, 6) is -0.821. The van der Waals surface area contributed by atoms with E-state index in [4.69, 9.17) is 4.74 Å². The molecule has 4 nitrogen and oxygen atoms in total. The number of hydrogen-bond acceptors (Lipinski definition) is 3. The third-order valence-corrected chi connectivity index (χ3v) is 4.00. The average Bonchev–Trinajstić information content (AvgIpc) is 2.60. The van der Waals surface area contributed by atoms with Crippen LogP contribution in [0.5, 0.6) is 0 Å². The van der Waals surface area contributed by atoms with Gasteiger partial charge in [0.05, 0.1) is 11.6 Å². The third kappa shape index (κ3) is 5.49. The van der Waals surface area contributed by atoms with Crippen molar-refractivity contribution in [1.82, 2.24) is 5.32 Å². The minimum atomic E-state index is -0.516. The number of nitrogens with one attached hydrogen (secondary N) is 1. The molecule has 0 saturated heterocycles. The van der Waals surface area contributed by atoms with Gasteiger partial charge in [-0.15, -0.1) is 0 Å². The zero-order valence-corrected chi connectivity index (χ0v) is 15.1. The summed E-state index contributed by atoms with van der Waals surface area (Å²) in [7, 11) is 0. The first-order valence-electron chi connectivity index (χ1n) is 7.87. The number of halogens is 1. The van der Waals surface area contributed by atoms with Crippen LogP contribution in [0, 0.1) is 0 Å². The summed E-state index contributed by atoms with van der Waals surface area (Å²) in [6.45, 7) is 1.77. The highest BCUT2D eigenvalue weighted by atomic mass is 79.9. The smallest absolute Gasteiger partial charge is 0.338 e. The quantitative estimate of drug-likeness (QED) is 0.719. The Hall–Kier alpha value is -2.14. The molecule has 126 valence electrons. The molecule has 0 saturated carbocycles. The fraction of sp³-hybridized carbons (Fsp3) is 0.263. The van der Waals surface area contributed by atoms with Crippen LogP contribution in [-0.4, -0.2) is 18.5 Å². The van der Waals surface area contributed by atoms with Gasteiger partial charge >= 0.3 is 5.97 Å². The number of hydrogen-bond donors (Lipinski definition) is 1. The molecule has 0 fully saturated rings. The van der Waals surface area contributed by atoms with Gasteiger partial charge in [-0.05, 0) is 30.2 Å². The largest absolute Gasteiger partial charge is 0.452 e. The van der Waals surface area contributed by atoms with E-state index in [1.165, 1.54) is 0 Å². The van der Waals surface area contributed by atoms with E-state index in [1.54, 1.807) is 18.2 Å². The monoisotopic (exact) mass is 389 g/mol. The van der Waals surface area contributed by atoms with E-state index in [0.717, 1.165) is 22.9 Å². The van der Waals surface area contributed by atoms with E-state index in [9.17, 15) is 9.59 Å². The van der Waals surface area contributed by atoms with Crippen molar-refractivity contribution in [2.24, 2.45) is 0 Å². The van der Waals surface area contributed by atoms with Gasteiger partial charge in [-0.25, -0.2) is 4.79 Å². The maximum atomic E-state index is 12.1. The van der Waals surface area contributed by atoms with Crippen molar-refractivity contribution in [2.45, 2.75) is 25.8 Å². The summed E-state index contributed by atoms with van der Waals surface area (Å²) in [5, 5.41) is 2.93. The van der Waals surface area contributed by atoms with Crippen LogP contribution in [-0.2, 0) is 9.53 Å². The molecule has 0 spiro atoms. The lowest BCUT2D eigenvalue weighted by molar-refractivity contribution is -0.125. The molecule has 0 aliphatic rings. The van der Waals surface area contributed by atoms with Crippen LogP contribution in [0.15, 0.2) is 59.1 Å². The molecule has 2 aromatic carbocycles. The summed E-state index contributed by atoms with van der Waals surface area (Å²) >= 11 is 3.30. The van der Waals surface area contributed by atoms with Gasteiger partial charge in [0.2, 0.25) is 0 Å². The molecule has 24 heavy (non-hydrogen) atoms. The lowest BCUT2D eigenvalue weighted by atomic mass is 10.0. The van der Waals surface area contributed by atoms with Crippen LogP contribution in [0.4, 0.5) is 0 Å². The van der Waals surface area contributed by atoms with Crippen LogP contribution >= 0.6 is 15.9 Å². The Kier molecular flexibility index (Phi) is 7.00. The highest BCUT2D eigenvalue weighted by molar-refractivity contribution is 9.10. The second-order valence-corrected chi connectivity index (χ2v) is 6.32. The molecule has 2 aromatic rings. The normalized spacial score (nSPS) is 11.6. The van der Waals surface area contributed by atoms with Crippen molar-refractivity contribution in [3.63, 3.8) is 0 Å². The van der Waals surface area contributed by atoms with Gasteiger partial charge in [-0.3, -0.25) is 4.79 Å². The third-order valence-electron chi connectivity index (χ3n) is 3.51. The molecule has 0 aliphatic heterocycles. The second kappa shape index (κ2) is 9.23. The van der Waals surface area contributed by atoms with E-state index in [2.05, 4.69) is 28.2 Å². The zero-order chi connectivity index (χ0) is 17.4. The molecule has 1 amide bonds. The first-order chi connectivity index (χ1) is 11.6. The second-order valence-electron chi connectivity index (χ2n) is 5.41. The van der Waals surface area contributed by atoms with Gasteiger partial charge in [0.1, 0.15) is 0 Å². The molecule has 1 atom stereocenters. The summed E-state index contributed by atoms with van der Waals surface area (Å²) in [4.78, 5) is 24.1. The van der Waals surface area contributed by atoms with E-state index < -0.39 is 5.97 Å². The lowest BCUT2D eigenvalue weighted by Gasteiger charge is -2.18. The topological polar surface area (TPSA) is 55.4 Å². The number of carbonyl (C=O) groups is 2. The summed E-state index contributed by atoms with van der Waals surface area (Å²) < 4.78 is 5.87. The molecule has 0 bridgehead atoms. The van der Waals surface area contributed by atoms with Crippen LogP contribution in [0.1, 0.15) is 41.7 Å². The van der Waals surface area contributed by atoms with Crippen molar-refractivity contribution in [1.29, 1.82) is 0 Å². The maximum Gasteiger partial charge on any atom is 0.338 e. The Balaban J connectivity index is 1.90. The van der Waals surface area contributed by atoms with Crippen LogP contribution in [0.2, 0.25) is 0 Å². The standard InChI is InChI=1S/C19H20BrNO3/c1-2-7-17(14-8-4-3-5-9-14)21-18(22)13-24-19(23)15-10-6-11-16(20)12-15/h3-6,8-12,17H,2,7,13H2,1H3,(H,21,22)/t17-/m1/s1. The number of ether oxygens (including phenoxy) is 1.